The fourth-order valence-electron chi connectivity index (χ4n) is 3.77. The molecule has 1 aliphatic carbocycles. The van der Waals surface area contributed by atoms with Crippen molar-refractivity contribution in [2.45, 2.75) is 70.4 Å². The van der Waals surface area contributed by atoms with Crippen molar-refractivity contribution in [2.24, 2.45) is 11.8 Å². The molecule has 5 atom stereocenters. The molecule has 1 saturated carbocycles. The van der Waals surface area contributed by atoms with E-state index in [0.29, 0.717) is 25.0 Å². The Labute approximate surface area is 185 Å². The van der Waals surface area contributed by atoms with Crippen molar-refractivity contribution in [3.05, 3.63) is 54.6 Å². The van der Waals surface area contributed by atoms with Crippen LogP contribution in [0.1, 0.15) is 46.0 Å². The predicted octanol–water partition coefficient (Wildman–Crippen LogP) is 3.41. The van der Waals surface area contributed by atoms with Gasteiger partial charge in [0.2, 0.25) is 0 Å². The molecule has 6 nitrogen and oxygen atoms in total. The highest BCUT2D eigenvalue weighted by atomic mass is 16.5. The highest BCUT2D eigenvalue weighted by Gasteiger charge is 2.39. The second-order valence-corrected chi connectivity index (χ2v) is 8.33. The van der Waals surface area contributed by atoms with Gasteiger partial charge < -0.3 is 24.8 Å². The van der Waals surface area contributed by atoms with Crippen LogP contribution in [-0.4, -0.2) is 52.3 Å². The van der Waals surface area contributed by atoms with Crippen LogP contribution in [0.4, 0.5) is 0 Å². The first-order chi connectivity index (χ1) is 14.9. The van der Waals surface area contributed by atoms with Gasteiger partial charge in [-0.3, -0.25) is 4.79 Å². The van der Waals surface area contributed by atoms with Crippen LogP contribution in [-0.2, 0) is 9.53 Å². The van der Waals surface area contributed by atoms with Gasteiger partial charge in [0.1, 0.15) is 18.5 Å². The largest absolute Gasteiger partial charge is 0.491 e. The van der Waals surface area contributed by atoms with Gasteiger partial charge in [0, 0.05) is 18.8 Å². The lowest BCUT2D eigenvalue weighted by Gasteiger charge is -2.19. The van der Waals surface area contributed by atoms with E-state index in [1.165, 1.54) is 0 Å². The molecule has 31 heavy (non-hydrogen) atoms. The normalized spacial score (nSPS) is 24.8. The molecule has 0 spiro atoms. The zero-order chi connectivity index (χ0) is 22.6. The number of para-hydroxylation sites is 1. The van der Waals surface area contributed by atoms with Gasteiger partial charge in [-0.25, -0.2) is 0 Å². The molecule has 0 radical (unpaired) electrons. The summed E-state index contributed by atoms with van der Waals surface area (Å²) in [6.07, 6.45) is 8.12. The fourth-order valence-corrected chi connectivity index (χ4v) is 3.77. The second kappa shape index (κ2) is 13.3. The molecule has 172 valence electrons. The van der Waals surface area contributed by atoms with Crippen LogP contribution in [0.2, 0.25) is 0 Å². The van der Waals surface area contributed by atoms with Crippen LogP contribution in [0.5, 0.6) is 5.75 Å². The van der Waals surface area contributed by atoms with E-state index in [-0.39, 0.29) is 30.5 Å². The van der Waals surface area contributed by atoms with Crippen molar-refractivity contribution in [1.82, 2.24) is 0 Å². The number of allylic oxidation sites excluding steroid dienone is 2. The first-order valence-corrected chi connectivity index (χ1v) is 11.1. The molecule has 1 aromatic rings. The summed E-state index contributed by atoms with van der Waals surface area (Å²) in [5.41, 5.74) is 0. The Morgan fingerprint density at radius 3 is 2.61 bits per heavy atom. The van der Waals surface area contributed by atoms with Gasteiger partial charge in [-0.05, 0) is 51.2 Å². The molecule has 0 aliphatic heterocycles. The maximum absolute atomic E-state index is 11.5. The molecule has 2 rings (SSSR count). The third-order valence-corrected chi connectivity index (χ3v) is 5.33. The van der Waals surface area contributed by atoms with Crippen molar-refractivity contribution >= 4 is 5.97 Å². The molecular weight excluding hydrogens is 396 g/mol. The number of carbonyl (C=O) groups excluding carboxylic acids is 1. The Bertz CT molecular complexity index is 699. The topological polar surface area (TPSA) is 96.2 Å². The summed E-state index contributed by atoms with van der Waals surface area (Å²) in [7, 11) is 0. The molecule has 0 saturated heterocycles. The van der Waals surface area contributed by atoms with Crippen molar-refractivity contribution in [2.75, 3.05) is 6.61 Å². The maximum Gasteiger partial charge on any atom is 0.306 e. The summed E-state index contributed by atoms with van der Waals surface area (Å²) >= 11 is 0. The zero-order valence-corrected chi connectivity index (χ0v) is 18.5. The molecule has 0 heterocycles. The summed E-state index contributed by atoms with van der Waals surface area (Å²) in [5.74, 6) is 0.159. The van der Waals surface area contributed by atoms with E-state index in [0.717, 1.165) is 12.8 Å². The summed E-state index contributed by atoms with van der Waals surface area (Å²) in [5, 5.41) is 30.8. The van der Waals surface area contributed by atoms with Crippen molar-refractivity contribution in [3.8, 4) is 5.75 Å². The van der Waals surface area contributed by atoms with E-state index in [1.807, 2.05) is 56.3 Å². The van der Waals surface area contributed by atoms with Crippen LogP contribution >= 0.6 is 0 Å². The average Bonchev–Trinajstić information content (AvgIpc) is 3.00. The minimum absolute atomic E-state index is 0.0910. The number of hydrogen-bond acceptors (Lipinski definition) is 6. The smallest absolute Gasteiger partial charge is 0.306 e. The monoisotopic (exact) mass is 432 g/mol. The highest BCUT2D eigenvalue weighted by molar-refractivity contribution is 5.69. The van der Waals surface area contributed by atoms with Crippen LogP contribution in [0.3, 0.4) is 0 Å². The summed E-state index contributed by atoms with van der Waals surface area (Å²) in [6, 6.07) is 9.27. The molecule has 0 aromatic heterocycles. The molecule has 1 aromatic carbocycles. The molecule has 6 heteroatoms. The number of rotatable bonds is 12. The van der Waals surface area contributed by atoms with Crippen molar-refractivity contribution in [3.63, 3.8) is 0 Å². The van der Waals surface area contributed by atoms with Crippen LogP contribution in [0, 0.1) is 11.8 Å². The fraction of sp³-hybridized carbons (Fsp3) is 0.560. The Balaban J connectivity index is 1.77. The van der Waals surface area contributed by atoms with Gasteiger partial charge in [-0.2, -0.15) is 0 Å². The van der Waals surface area contributed by atoms with E-state index < -0.39 is 18.3 Å². The minimum atomic E-state index is -0.799. The Morgan fingerprint density at radius 1 is 1.16 bits per heavy atom. The predicted molar refractivity (Wildman–Crippen MR) is 120 cm³/mol. The lowest BCUT2D eigenvalue weighted by atomic mass is 9.89. The third-order valence-electron chi connectivity index (χ3n) is 5.33. The number of unbranched alkanes of at least 4 members (excludes halogenated alkanes) is 1. The quantitative estimate of drug-likeness (QED) is 0.266. The van der Waals surface area contributed by atoms with Gasteiger partial charge in [0.25, 0.3) is 0 Å². The number of aliphatic hydroxyl groups is 3. The molecule has 0 amide bonds. The summed E-state index contributed by atoms with van der Waals surface area (Å²) < 4.78 is 10.6. The highest BCUT2D eigenvalue weighted by Crippen LogP contribution is 2.36. The number of carbonyl (C=O) groups is 1. The Hall–Kier alpha value is -2.15. The molecule has 3 N–H and O–H groups in total. The molecule has 0 bridgehead atoms. The number of aliphatic hydroxyl groups excluding tert-OH is 3. The summed E-state index contributed by atoms with van der Waals surface area (Å²) in [4.78, 5) is 11.5. The average molecular weight is 433 g/mol. The zero-order valence-electron chi connectivity index (χ0n) is 18.5. The number of benzene rings is 1. The van der Waals surface area contributed by atoms with E-state index in [9.17, 15) is 20.1 Å². The van der Waals surface area contributed by atoms with Gasteiger partial charge in [0.05, 0.1) is 18.3 Å². The summed E-state index contributed by atoms with van der Waals surface area (Å²) in [6.45, 7) is 3.79. The number of ether oxygens (including phenoxy) is 2. The Kier molecular flexibility index (Phi) is 10.8. The van der Waals surface area contributed by atoms with Crippen LogP contribution < -0.4 is 4.74 Å². The first kappa shape index (κ1) is 25.1. The SMILES string of the molecule is CC(C)OC(=O)CCC/C=C/CC1C(O)CC(O)C1/C=C\C(O)COc1ccccc1. The molecule has 5 unspecified atom stereocenters. The van der Waals surface area contributed by atoms with E-state index in [2.05, 4.69) is 0 Å². The van der Waals surface area contributed by atoms with E-state index >= 15 is 0 Å². The first-order valence-electron chi connectivity index (χ1n) is 11.1. The number of hydrogen-bond donors (Lipinski definition) is 3. The van der Waals surface area contributed by atoms with Gasteiger partial charge >= 0.3 is 5.97 Å². The molecular formula is C25H36O6. The van der Waals surface area contributed by atoms with Gasteiger partial charge in [-0.15, -0.1) is 0 Å². The maximum atomic E-state index is 11.5. The van der Waals surface area contributed by atoms with Gasteiger partial charge in [-0.1, -0.05) is 42.5 Å². The Morgan fingerprint density at radius 2 is 1.90 bits per heavy atom. The van der Waals surface area contributed by atoms with E-state index in [1.54, 1.807) is 12.2 Å². The lowest BCUT2D eigenvalue weighted by Crippen LogP contribution is -2.21. The third kappa shape index (κ3) is 9.25. The number of esters is 1. The second-order valence-electron chi connectivity index (χ2n) is 8.33. The van der Waals surface area contributed by atoms with Gasteiger partial charge in [0.15, 0.2) is 0 Å². The van der Waals surface area contributed by atoms with Crippen LogP contribution in [0.15, 0.2) is 54.6 Å². The molecule has 1 aliphatic rings. The van der Waals surface area contributed by atoms with E-state index in [4.69, 9.17) is 9.47 Å². The van der Waals surface area contributed by atoms with Crippen molar-refractivity contribution < 1.29 is 29.6 Å². The molecule has 1 fully saturated rings. The van der Waals surface area contributed by atoms with Crippen molar-refractivity contribution in [1.29, 1.82) is 0 Å². The standard InChI is InChI=1S/C25H36O6/c1-18(2)31-25(29)13-9-4-3-8-12-21-22(24(28)16-23(21)27)15-14-19(26)17-30-20-10-6-5-7-11-20/h3,5-8,10-11,14-15,18-19,21-24,26-28H,4,9,12-13,16-17H2,1-2H3/b8-3+,15-14-. The lowest BCUT2D eigenvalue weighted by molar-refractivity contribution is -0.147. The minimum Gasteiger partial charge on any atom is -0.491 e. The van der Waals surface area contributed by atoms with Crippen LogP contribution in [0.25, 0.3) is 0 Å².